The van der Waals surface area contributed by atoms with Crippen molar-refractivity contribution in [1.29, 1.82) is 5.26 Å². The van der Waals surface area contributed by atoms with Gasteiger partial charge in [0, 0.05) is 0 Å². The third-order valence-electron chi connectivity index (χ3n) is 2.27. The Morgan fingerprint density at radius 3 is 2.24 bits per heavy atom. The maximum absolute atomic E-state index is 11.8. The lowest BCUT2D eigenvalue weighted by molar-refractivity contribution is -0.123. The topological polar surface area (TPSA) is 90.3 Å². The molecule has 6 nitrogen and oxygen atoms in total. The minimum Gasteiger partial charge on any atom is -0.272 e. The Labute approximate surface area is 96.4 Å². The molecule has 0 unspecified atom stereocenters. The molecule has 0 aromatic heterocycles. The summed E-state index contributed by atoms with van der Waals surface area (Å²) < 4.78 is 0. The molecule has 0 saturated carbocycles. The van der Waals surface area contributed by atoms with Crippen molar-refractivity contribution in [2.45, 2.75) is 6.42 Å². The molecule has 0 saturated heterocycles. The van der Waals surface area contributed by atoms with E-state index in [1.165, 1.54) is 12.1 Å². The molecule has 0 radical (unpaired) electrons. The summed E-state index contributed by atoms with van der Waals surface area (Å²) in [7, 11) is 0. The molecule has 1 aliphatic heterocycles. The van der Waals surface area contributed by atoms with Gasteiger partial charge in [-0.2, -0.15) is 10.3 Å². The number of imide groups is 1. The third kappa shape index (κ3) is 1.74. The number of hydrazine groups is 1. The van der Waals surface area contributed by atoms with E-state index in [0.29, 0.717) is 5.01 Å². The molecular formula is C11H7N3O3. The lowest BCUT2D eigenvalue weighted by Gasteiger charge is -2.13. The van der Waals surface area contributed by atoms with E-state index in [1.54, 1.807) is 18.2 Å². The van der Waals surface area contributed by atoms with E-state index in [0.717, 1.165) is 0 Å². The largest absolute Gasteiger partial charge is 0.280 e. The number of hydrogen-bond donors (Lipinski definition) is 1. The molecule has 3 amide bonds. The quantitative estimate of drug-likeness (QED) is 0.735. The van der Waals surface area contributed by atoms with E-state index in [-0.39, 0.29) is 11.1 Å². The first kappa shape index (κ1) is 10.8. The molecule has 0 bridgehead atoms. The summed E-state index contributed by atoms with van der Waals surface area (Å²) >= 11 is 0. The van der Waals surface area contributed by atoms with Crippen LogP contribution in [0.3, 0.4) is 0 Å². The van der Waals surface area contributed by atoms with Gasteiger partial charge >= 0.3 is 0 Å². The van der Waals surface area contributed by atoms with Crippen LogP contribution in [0.25, 0.3) is 0 Å². The number of amides is 3. The molecular weight excluding hydrogens is 222 g/mol. The van der Waals surface area contributed by atoms with E-state index >= 15 is 0 Å². The maximum atomic E-state index is 11.8. The van der Waals surface area contributed by atoms with Gasteiger partial charge in [-0.05, 0) is 12.1 Å². The van der Waals surface area contributed by atoms with Gasteiger partial charge in [0.2, 0.25) is 0 Å². The van der Waals surface area contributed by atoms with Crippen molar-refractivity contribution >= 4 is 17.7 Å². The Bertz CT molecular complexity index is 524. The Balaban J connectivity index is 2.25. The van der Waals surface area contributed by atoms with Gasteiger partial charge in [0.1, 0.15) is 6.42 Å². The van der Waals surface area contributed by atoms with Crippen LogP contribution in [0.15, 0.2) is 24.3 Å². The van der Waals surface area contributed by atoms with Crippen LogP contribution >= 0.6 is 0 Å². The number of nitriles is 1. The Morgan fingerprint density at radius 2 is 1.76 bits per heavy atom. The lowest BCUT2D eigenvalue weighted by atomic mass is 10.1. The van der Waals surface area contributed by atoms with Crippen LogP contribution < -0.4 is 5.43 Å². The molecule has 2 rings (SSSR count). The molecule has 84 valence electrons. The lowest BCUT2D eigenvalue weighted by Crippen LogP contribution is -2.45. The first-order valence-electron chi connectivity index (χ1n) is 4.79. The highest BCUT2D eigenvalue weighted by Crippen LogP contribution is 2.20. The number of hydrogen-bond acceptors (Lipinski definition) is 4. The summed E-state index contributed by atoms with van der Waals surface area (Å²) in [4.78, 5) is 34.7. The molecule has 1 N–H and O–H groups in total. The van der Waals surface area contributed by atoms with Crippen molar-refractivity contribution in [3.8, 4) is 6.07 Å². The van der Waals surface area contributed by atoms with Crippen LogP contribution in [0, 0.1) is 11.3 Å². The Hall–Kier alpha value is -2.68. The Morgan fingerprint density at radius 1 is 1.24 bits per heavy atom. The zero-order chi connectivity index (χ0) is 12.4. The zero-order valence-corrected chi connectivity index (χ0v) is 8.64. The van der Waals surface area contributed by atoms with Crippen molar-refractivity contribution < 1.29 is 14.4 Å². The molecule has 17 heavy (non-hydrogen) atoms. The second kappa shape index (κ2) is 4.06. The fourth-order valence-corrected chi connectivity index (χ4v) is 1.53. The Kier molecular flexibility index (Phi) is 2.58. The number of benzene rings is 1. The fourth-order valence-electron chi connectivity index (χ4n) is 1.53. The molecule has 0 fully saturated rings. The summed E-state index contributed by atoms with van der Waals surface area (Å²) in [5.41, 5.74) is 2.59. The van der Waals surface area contributed by atoms with Crippen LogP contribution in [-0.2, 0) is 4.79 Å². The predicted molar refractivity (Wildman–Crippen MR) is 55.3 cm³/mol. The summed E-state index contributed by atoms with van der Waals surface area (Å²) in [6.07, 6.45) is -0.409. The first-order valence-corrected chi connectivity index (χ1v) is 4.79. The second-order valence-corrected chi connectivity index (χ2v) is 3.36. The fraction of sp³-hybridized carbons (Fsp3) is 0.0909. The van der Waals surface area contributed by atoms with E-state index < -0.39 is 24.1 Å². The van der Waals surface area contributed by atoms with Gasteiger partial charge in [-0.15, -0.1) is 0 Å². The monoisotopic (exact) mass is 229 g/mol. The zero-order valence-electron chi connectivity index (χ0n) is 8.64. The van der Waals surface area contributed by atoms with Crippen molar-refractivity contribution in [3.63, 3.8) is 0 Å². The number of carbonyl (C=O) groups excluding carboxylic acids is 3. The van der Waals surface area contributed by atoms with E-state index in [1.807, 2.05) is 0 Å². The van der Waals surface area contributed by atoms with Gasteiger partial charge in [0.05, 0.1) is 17.2 Å². The third-order valence-corrected chi connectivity index (χ3v) is 2.27. The maximum Gasteiger partial charge on any atom is 0.280 e. The molecule has 1 aliphatic rings. The average molecular weight is 229 g/mol. The molecule has 1 aromatic rings. The molecule has 0 aliphatic carbocycles. The number of nitrogens with zero attached hydrogens (tertiary/aromatic N) is 2. The number of rotatable bonds is 2. The standard InChI is InChI=1S/C11H7N3O3/c12-6-5-9(15)13-14-10(16)7-3-1-2-4-8(7)11(14)17/h1-4H,5H2,(H,13,15). The van der Waals surface area contributed by atoms with Gasteiger partial charge in [-0.25, -0.2) is 0 Å². The van der Waals surface area contributed by atoms with Crippen molar-refractivity contribution in [3.05, 3.63) is 35.4 Å². The van der Waals surface area contributed by atoms with Crippen LogP contribution in [0.4, 0.5) is 0 Å². The van der Waals surface area contributed by atoms with Crippen LogP contribution in [0.2, 0.25) is 0 Å². The average Bonchev–Trinajstić information content (AvgIpc) is 2.56. The highest BCUT2D eigenvalue weighted by atomic mass is 16.2. The summed E-state index contributed by atoms with van der Waals surface area (Å²) in [5, 5.41) is 8.95. The summed E-state index contributed by atoms with van der Waals surface area (Å²) in [6.45, 7) is 0. The van der Waals surface area contributed by atoms with Gasteiger partial charge in [-0.3, -0.25) is 19.8 Å². The molecule has 0 spiro atoms. The highest BCUT2D eigenvalue weighted by Gasteiger charge is 2.36. The van der Waals surface area contributed by atoms with Gasteiger partial charge in [0.25, 0.3) is 17.7 Å². The molecule has 6 heteroatoms. The van der Waals surface area contributed by atoms with Crippen LogP contribution in [-0.4, -0.2) is 22.7 Å². The summed E-state index contributed by atoms with van der Waals surface area (Å²) in [5.74, 6) is -1.87. The van der Waals surface area contributed by atoms with Gasteiger partial charge in [0.15, 0.2) is 0 Å². The summed E-state index contributed by atoms with van der Waals surface area (Å²) in [6, 6.07) is 7.90. The number of carbonyl (C=O) groups is 3. The van der Waals surface area contributed by atoms with Gasteiger partial charge < -0.3 is 0 Å². The second-order valence-electron chi connectivity index (χ2n) is 3.36. The predicted octanol–water partition coefficient (Wildman–Crippen LogP) is 0.227. The molecule has 0 atom stereocenters. The minimum absolute atomic E-state index is 0.245. The number of fused-ring (bicyclic) bond motifs is 1. The molecule has 1 aromatic carbocycles. The van der Waals surface area contributed by atoms with Crippen molar-refractivity contribution in [1.82, 2.24) is 10.4 Å². The first-order chi connectivity index (χ1) is 8.15. The molecule has 1 heterocycles. The highest BCUT2D eigenvalue weighted by molar-refractivity contribution is 6.21. The smallest absolute Gasteiger partial charge is 0.272 e. The van der Waals surface area contributed by atoms with Crippen molar-refractivity contribution in [2.75, 3.05) is 0 Å². The van der Waals surface area contributed by atoms with E-state index in [9.17, 15) is 14.4 Å². The van der Waals surface area contributed by atoms with E-state index in [2.05, 4.69) is 5.43 Å². The van der Waals surface area contributed by atoms with Crippen LogP contribution in [0.1, 0.15) is 27.1 Å². The van der Waals surface area contributed by atoms with Crippen molar-refractivity contribution in [2.24, 2.45) is 0 Å². The normalized spacial score (nSPS) is 13.2. The van der Waals surface area contributed by atoms with Gasteiger partial charge in [-0.1, -0.05) is 12.1 Å². The minimum atomic E-state index is -0.693. The van der Waals surface area contributed by atoms with Crippen LogP contribution in [0.5, 0.6) is 0 Å². The number of nitrogens with one attached hydrogen (secondary N) is 1. The SMILES string of the molecule is N#CCC(=O)NN1C(=O)c2ccccc2C1=O. The van der Waals surface area contributed by atoms with E-state index in [4.69, 9.17) is 5.26 Å².